The van der Waals surface area contributed by atoms with E-state index in [0.717, 1.165) is 17.9 Å². The van der Waals surface area contributed by atoms with E-state index < -0.39 is 6.10 Å². The number of hydrogen-bond acceptors (Lipinski definition) is 3. The molecule has 0 aliphatic heterocycles. The molecule has 0 bridgehead atoms. The van der Waals surface area contributed by atoms with E-state index in [1.807, 2.05) is 13.0 Å². The number of aliphatic hydroxyl groups is 1. The molecule has 16 heavy (non-hydrogen) atoms. The van der Waals surface area contributed by atoms with Gasteiger partial charge in [-0.25, -0.2) is 9.97 Å². The molecule has 1 N–H and O–H groups in total. The Hall–Kier alpha value is -0.960. The normalized spacial score (nSPS) is 19.6. The molecule has 3 heteroatoms. The molecule has 1 aromatic heterocycles. The second kappa shape index (κ2) is 5.39. The molecule has 1 heterocycles. The van der Waals surface area contributed by atoms with Crippen LogP contribution < -0.4 is 0 Å². The Morgan fingerprint density at radius 2 is 2.12 bits per heavy atom. The third-order valence-electron chi connectivity index (χ3n) is 3.42. The molecule has 1 aromatic rings. The highest BCUT2D eigenvalue weighted by Gasteiger charge is 2.19. The minimum Gasteiger partial charge on any atom is -0.387 e. The van der Waals surface area contributed by atoms with Crippen molar-refractivity contribution < 1.29 is 5.11 Å². The zero-order valence-corrected chi connectivity index (χ0v) is 9.89. The van der Waals surface area contributed by atoms with Gasteiger partial charge in [-0.2, -0.15) is 0 Å². The van der Waals surface area contributed by atoms with Crippen LogP contribution in [0.4, 0.5) is 0 Å². The first-order valence-electron chi connectivity index (χ1n) is 6.23. The molecule has 0 saturated heterocycles. The van der Waals surface area contributed by atoms with Crippen LogP contribution in [0.5, 0.6) is 0 Å². The average molecular weight is 220 g/mol. The van der Waals surface area contributed by atoms with Crippen LogP contribution in [0.25, 0.3) is 0 Å². The summed E-state index contributed by atoms with van der Waals surface area (Å²) in [5.41, 5.74) is 0.776. The SMILES string of the molecule is Cc1nccc(C(O)CC2CCCCC2)n1. The lowest BCUT2D eigenvalue weighted by Gasteiger charge is -2.23. The molecule has 1 aliphatic rings. The zero-order valence-electron chi connectivity index (χ0n) is 9.89. The van der Waals surface area contributed by atoms with Gasteiger partial charge in [0.2, 0.25) is 0 Å². The van der Waals surface area contributed by atoms with Gasteiger partial charge in [-0.3, -0.25) is 0 Å². The van der Waals surface area contributed by atoms with Crippen molar-refractivity contribution in [3.05, 3.63) is 23.8 Å². The second-order valence-electron chi connectivity index (χ2n) is 4.78. The van der Waals surface area contributed by atoms with Gasteiger partial charge >= 0.3 is 0 Å². The fourth-order valence-electron chi connectivity index (χ4n) is 2.52. The molecular weight excluding hydrogens is 200 g/mol. The maximum Gasteiger partial charge on any atom is 0.125 e. The summed E-state index contributed by atoms with van der Waals surface area (Å²) >= 11 is 0. The van der Waals surface area contributed by atoms with E-state index in [1.54, 1.807) is 6.20 Å². The predicted molar refractivity (Wildman–Crippen MR) is 62.9 cm³/mol. The van der Waals surface area contributed by atoms with Gasteiger partial charge < -0.3 is 5.11 Å². The van der Waals surface area contributed by atoms with E-state index >= 15 is 0 Å². The molecule has 0 radical (unpaired) electrons. The van der Waals surface area contributed by atoms with Gasteiger partial charge in [0.25, 0.3) is 0 Å². The molecule has 1 aliphatic carbocycles. The summed E-state index contributed by atoms with van der Waals surface area (Å²) in [6, 6.07) is 1.82. The Morgan fingerprint density at radius 3 is 2.81 bits per heavy atom. The molecule has 0 aromatic carbocycles. The maximum atomic E-state index is 10.1. The number of aryl methyl sites for hydroxylation is 1. The maximum absolute atomic E-state index is 10.1. The number of aliphatic hydroxyl groups excluding tert-OH is 1. The molecule has 1 fully saturated rings. The summed E-state index contributed by atoms with van der Waals surface area (Å²) < 4.78 is 0. The molecule has 1 unspecified atom stereocenters. The fraction of sp³-hybridized carbons (Fsp3) is 0.692. The average Bonchev–Trinajstić information content (AvgIpc) is 2.30. The van der Waals surface area contributed by atoms with Crippen molar-refractivity contribution in [2.45, 2.75) is 51.6 Å². The topological polar surface area (TPSA) is 46.0 Å². The second-order valence-corrected chi connectivity index (χ2v) is 4.78. The highest BCUT2D eigenvalue weighted by Crippen LogP contribution is 2.31. The van der Waals surface area contributed by atoms with Crippen molar-refractivity contribution in [2.24, 2.45) is 5.92 Å². The number of hydrogen-bond donors (Lipinski definition) is 1. The van der Waals surface area contributed by atoms with Crippen LogP contribution in [0.1, 0.15) is 56.1 Å². The third kappa shape index (κ3) is 3.01. The van der Waals surface area contributed by atoms with Gasteiger partial charge in [0.05, 0.1) is 11.8 Å². The minimum atomic E-state index is -0.412. The van der Waals surface area contributed by atoms with Crippen molar-refractivity contribution >= 4 is 0 Å². The van der Waals surface area contributed by atoms with Gasteiger partial charge in [0.1, 0.15) is 5.82 Å². The summed E-state index contributed by atoms with van der Waals surface area (Å²) in [6.45, 7) is 1.86. The number of aromatic nitrogens is 2. The lowest BCUT2D eigenvalue weighted by atomic mass is 9.85. The Labute approximate surface area is 96.9 Å². The zero-order chi connectivity index (χ0) is 11.4. The van der Waals surface area contributed by atoms with E-state index in [1.165, 1.54) is 32.1 Å². The summed E-state index contributed by atoms with van der Waals surface area (Å²) in [4.78, 5) is 8.32. The lowest BCUT2D eigenvalue weighted by molar-refractivity contribution is 0.127. The highest BCUT2D eigenvalue weighted by atomic mass is 16.3. The first kappa shape index (κ1) is 11.5. The van der Waals surface area contributed by atoms with Crippen LogP contribution in [-0.2, 0) is 0 Å². The molecule has 0 amide bonds. The predicted octanol–water partition coefficient (Wildman–Crippen LogP) is 2.79. The van der Waals surface area contributed by atoms with Crippen LogP contribution in [0.15, 0.2) is 12.3 Å². The summed E-state index contributed by atoms with van der Waals surface area (Å²) in [7, 11) is 0. The van der Waals surface area contributed by atoms with Crippen molar-refractivity contribution in [1.82, 2.24) is 9.97 Å². The van der Waals surface area contributed by atoms with Crippen LogP contribution in [0.3, 0.4) is 0 Å². The van der Waals surface area contributed by atoms with E-state index in [0.29, 0.717) is 5.92 Å². The largest absolute Gasteiger partial charge is 0.387 e. The lowest BCUT2D eigenvalue weighted by Crippen LogP contribution is -2.12. The van der Waals surface area contributed by atoms with Crippen molar-refractivity contribution in [3.8, 4) is 0 Å². The van der Waals surface area contributed by atoms with Gasteiger partial charge in [0, 0.05) is 6.20 Å². The smallest absolute Gasteiger partial charge is 0.125 e. The quantitative estimate of drug-likeness (QED) is 0.852. The molecule has 1 saturated carbocycles. The molecule has 0 spiro atoms. The molecule has 88 valence electrons. The molecule has 1 atom stereocenters. The van der Waals surface area contributed by atoms with Gasteiger partial charge in [-0.05, 0) is 25.3 Å². The van der Waals surface area contributed by atoms with E-state index in [-0.39, 0.29) is 0 Å². The monoisotopic (exact) mass is 220 g/mol. The minimum absolute atomic E-state index is 0.412. The van der Waals surface area contributed by atoms with Gasteiger partial charge in [0.15, 0.2) is 0 Å². The molecular formula is C13H20N2O. The van der Waals surface area contributed by atoms with E-state index in [9.17, 15) is 5.11 Å². The first-order chi connectivity index (χ1) is 7.75. The summed E-state index contributed by atoms with van der Waals surface area (Å²) in [5.74, 6) is 1.42. The highest BCUT2D eigenvalue weighted by molar-refractivity contribution is 5.05. The van der Waals surface area contributed by atoms with Gasteiger partial charge in [-0.15, -0.1) is 0 Å². The Bertz CT molecular complexity index is 334. The Kier molecular flexibility index (Phi) is 3.88. The summed E-state index contributed by atoms with van der Waals surface area (Å²) in [5, 5.41) is 10.1. The van der Waals surface area contributed by atoms with E-state index in [4.69, 9.17) is 0 Å². The molecule has 2 rings (SSSR count). The molecule has 3 nitrogen and oxygen atoms in total. The number of nitrogens with zero attached hydrogens (tertiary/aromatic N) is 2. The Balaban J connectivity index is 1.94. The third-order valence-corrected chi connectivity index (χ3v) is 3.42. The van der Waals surface area contributed by atoms with Crippen LogP contribution >= 0.6 is 0 Å². The fourth-order valence-corrected chi connectivity index (χ4v) is 2.52. The number of rotatable bonds is 3. The van der Waals surface area contributed by atoms with Gasteiger partial charge in [-0.1, -0.05) is 32.1 Å². The van der Waals surface area contributed by atoms with Crippen molar-refractivity contribution in [2.75, 3.05) is 0 Å². The van der Waals surface area contributed by atoms with Crippen molar-refractivity contribution in [3.63, 3.8) is 0 Å². The van der Waals surface area contributed by atoms with Crippen LogP contribution in [0, 0.1) is 12.8 Å². The first-order valence-corrected chi connectivity index (χ1v) is 6.23. The van der Waals surface area contributed by atoms with Crippen LogP contribution in [-0.4, -0.2) is 15.1 Å². The van der Waals surface area contributed by atoms with Crippen molar-refractivity contribution in [1.29, 1.82) is 0 Å². The van der Waals surface area contributed by atoms with Crippen LogP contribution in [0.2, 0.25) is 0 Å². The standard InChI is InChI=1S/C13H20N2O/c1-10-14-8-7-12(15-10)13(16)9-11-5-3-2-4-6-11/h7-8,11,13,16H,2-6,9H2,1H3. The van der Waals surface area contributed by atoms with E-state index in [2.05, 4.69) is 9.97 Å². The summed E-state index contributed by atoms with van der Waals surface area (Å²) in [6.07, 6.45) is 8.70. The Morgan fingerprint density at radius 1 is 1.38 bits per heavy atom.